The molecule has 0 amide bonds. The van der Waals surface area contributed by atoms with Crippen LogP contribution in [0, 0.1) is 0 Å². The summed E-state index contributed by atoms with van der Waals surface area (Å²) < 4.78 is 16.3. The van der Waals surface area contributed by atoms with E-state index in [1.807, 2.05) is 0 Å². The van der Waals surface area contributed by atoms with Crippen molar-refractivity contribution in [1.82, 2.24) is 5.32 Å². The Labute approximate surface area is 93.8 Å². The van der Waals surface area contributed by atoms with Crippen molar-refractivity contribution in [1.29, 1.82) is 0 Å². The van der Waals surface area contributed by atoms with Crippen LogP contribution in [0.1, 0.15) is 19.3 Å². The number of methoxy groups -OCH3 is 1. The van der Waals surface area contributed by atoms with E-state index in [2.05, 4.69) is 5.32 Å². The maximum atomic E-state index is 11.5. The highest BCUT2D eigenvalue weighted by Gasteiger charge is 2.21. The van der Waals surface area contributed by atoms with E-state index in [1.165, 1.54) is 12.8 Å². The van der Waals surface area contributed by atoms with E-state index in [9.17, 15) is 9.32 Å². The SMILES string of the molecule is COCCCS(=O)CC(O)CNC1CC1. The molecule has 0 heterocycles. The minimum absolute atomic E-state index is 0.378. The first-order chi connectivity index (χ1) is 7.22. The highest BCUT2D eigenvalue weighted by Crippen LogP contribution is 2.18. The third-order valence-electron chi connectivity index (χ3n) is 2.32. The van der Waals surface area contributed by atoms with Crippen LogP contribution in [0.25, 0.3) is 0 Å². The first kappa shape index (κ1) is 13.1. The van der Waals surface area contributed by atoms with Gasteiger partial charge in [-0.1, -0.05) is 0 Å². The first-order valence-corrected chi connectivity index (χ1v) is 6.96. The molecule has 4 nitrogen and oxygen atoms in total. The summed E-state index contributed by atoms with van der Waals surface area (Å²) in [6.45, 7) is 1.21. The minimum atomic E-state index is -0.916. The van der Waals surface area contributed by atoms with Crippen molar-refractivity contribution in [2.24, 2.45) is 0 Å². The van der Waals surface area contributed by atoms with Gasteiger partial charge < -0.3 is 15.2 Å². The fourth-order valence-electron chi connectivity index (χ4n) is 1.31. The lowest BCUT2D eigenvalue weighted by atomic mass is 10.4. The van der Waals surface area contributed by atoms with Gasteiger partial charge in [0.25, 0.3) is 0 Å². The molecule has 0 aromatic rings. The molecule has 0 spiro atoms. The number of hydrogen-bond donors (Lipinski definition) is 2. The quantitative estimate of drug-likeness (QED) is 0.547. The molecule has 1 aliphatic carbocycles. The topological polar surface area (TPSA) is 58.6 Å². The van der Waals surface area contributed by atoms with Gasteiger partial charge in [-0.25, -0.2) is 0 Å². The van der Waals surface area contributed by atoms with Crippen LogP contribution < -0.4 is 5.32 Å². The number of hydrogen-bond acceptors (Lipinski definition) is 4. The van der Waals surface area contributed by atoms with Crippen LogP contribution in [0.15, 0.2) is 0 Å². The van der Waals surface area contributed by atoms with Crippen molar-refractivity contribution in [2.75, 3.05) is 31.8 Å². The van der Waals surface area contributed by atoms with Crippen molar-refractivity contribution < 1.29 is 14.1 Å². The van der Waals surface area contributed by atoms with Gasteiger partial charge in [-0.3, -0.25) is 4.21 Å². The molecular weight excluding hydrogens is 214 g/mol. The van der Waals surface area contributed by atoms with Crippen LogP contribution in [0.4, 0.5) is 0 Å². The Bertz CT molecular complexity index is 197. The molecule has 0 radical (unpaired) electrons. The van der Waals surface area contributed by atoms with Crippen LogP contribution >= 0.6 is 0 Å². The Morgan fingerprint density at radius 3 is 2.93 bits per heavy atom. The molecule has 2 N–H and O–H groups in total. The number of aliphatic hydroxyl groups is 1. The summed E-state index contributed by atoms with van der Waals surface area (Å²) >= 11 is 0. The van der Waals surface area contributed by atoms with Gasteiger partial charge in [-0.15, -0.1) is 0 Å². The zero-order chi connectivity index (χ0) is 11.1. The van der Waals surface area contributed by atoms with E-state index >= 15 is 0 Å². The summed E-state index contributed by atoms with van der Waals surface area (Å²) in [5.74, 6) is 0.998. The first-order valence-electron chi connectivity index (χ1n) is 5.47. The second-order valence-corrected chi connectivity index (χ2v) is 5.61. The predicted octanol–water partition coefficient (Wildman–Crippen LogP) is -0.115. The van der Waals surface area contributed by atoms with Gasteiger partial charge in [0.05, 0.1) is 11.9 Å². The summed E-state index contributed by atoms with van der Waals surface area (Å²) in [4.78, 5) is 0. The Balaban J connectivity index is 1.96. The van der Waals surface area contributed by atoms with E-state index in [0.717, 1.165) is 6.42 Å². The van der Waals surface area contributed by atoms with Crippen LogP contribution in [0.5, 0.6) is 0 Å². The Kier molecular flexibility index (Phi) is 6.40. The Morgan fingerprint density at radius 1 is 1.60 bits per heavy atom. The summed E-state index contributed by atoms with van der Waals surface area (Å²) in [6.07, 6.45) is 2.74. The average Bonchev–Trinajstić information content (AvgIpc) is 2.98. The third kappa shape index (κ3) is 7.00. The molecular formula is C10H21NO3S. The molecule has 15 heavy (non-hydrogen) atoms. The molecule has 1 saturated carbocycles. The molecule has 0 bridgehead atoms. The van der Waals surface area contributed by atoms with Crippen LogP contribution in [-0.4, -0.2) is 53.2 Å². The molecule has 0 aliphatic heterocycles. The van der Waals surface area contributed by atoms with Crippen molar-refractivity contribution in [3.63, 3.8) is 0 Å². The fourth-order valence-corrected chi connectivity index (χ4v) is 2.46. The lowest BCUT2D eigenvalue weighted by Crippen LogP contribution is -2.32. The molecule has 0 aromatic carbocycles. The predicted molar refractivity (Wildman–Crippen MR) is 61.4 cm³/mol. The highest BCUT2D eigenvalue weighted by molar-refractivity contribution is 7.85. The molecule has 90 valence electrons. The fraction of sp³-hybridized carbons (Fsp3) is 1.00. The van der Waals surface area contributed by atoms with E-state index in [1.54, 1.807) is 7.11 Å². The Morgan fingerprint density at radius 2 is 2.33 bits per heavy atom. The maximum absolute atomic E-state index is 11.5. The molecule has 2 unspecified atom stereocenters. The molecule has 0 aromatic heterocycles. The largest absolute Gasteiger partial charge is 0.391 e. The second-order valence-electron chi connectivity index (χ2n) is 3.99. The standard InChI is InChI=1S/C10H21NO3S/c1-14-5-2-6-15(13)8-10(12)7-11-9-3-4-9/h9-12H,2-8H2,1H3. The Hall–Kier alpha value is 0.0300. The molecule has 1 rings (SSSR count). The van der Waals surface area contributed by atoms with Crippen LogP contribution in [0.3, 0.4) is 0 Å². The molecule has 1 aliphatic rings. The zero-order valence-corrected chi connectivity index (χ0v) is 10.1. The van der Waals surface area contributed by atoms with Crippen molar-refractivity contribution in [2.45, 2.75) is 31.4 Å². The number of rotatable bonds is 9. The zero-order valence-electron chi connectivity index (χ0n) is 9.28. The van der Waals surface area contributed by atoms with E-state index in [4.69, 9.17) is 4.74 Å². The monoisotopic (exact) mass is 235 g/mol. The van der Waals surface area contributed by atoms with Crippen LogP contribution in [0.2, 0.25) is 0 Å². The summed E-state index contributed by atoms with van der Waals surface area (Å²) in [5, 5.41) is 12.8. The highest BCUT2D eigenvalue weighted by atomic mass is 32.2. The van der Waals surface area contributed by atoms with Gasteiger partial charge in [-0.2, -0.15) is 0 Å². The van der Waals surface area contributed by atoms with E-state index < -0.39 is 16.9 Å². The average molecular weight is 235 g/mol. The van der Waals surface area contributed by atoms with E-state index in [0.29, 0.717) is 30.7 Å². The number of ether oxygens (including phenoxy) is 1. The minimum Gasteiger partial charge on any atom is -0.391 e. The van der Waals surface area contributed by atoms with Crippen molar-refractivity contribution >= 4 is 10.8 Å². The second kappa shape index (κ2) is 7.33. The van der Waals surface area contributed by atoms with Crippen LogP contribution in [-0.2, 0) is 15.5 Å². The number of nitrogens with one attached hydrogen (secondary N) is 1. The lowest BCUT2D eigenvalue weighted by molar-refractivity contribution is 0.193. The van der Waals surface area contributed by atoms with Crippen molar-refractivity contribution in [3.05, 3.63) is 0 Å². The maximum Gasteiger partial charge on any atom is 0.0779 e. The van der Waals surface area contributed by atoms with Gasteiger partial charge in [0, 0.05) is 42.9 Å². The van der Waals surface area contributed by atoms with Gasteiger partial charge in [-0.05, 0) is 19.3 Å². The molecule has 2 atom stereocenters. The normalized spacial score (nSPS) is 20.1. The molecule has 5 heteroatoms. The number of aliphatic hydroxyl groups excluding tert-OH is 1. The third-order valence-corrected chi connectivity index (χ3v) is 3.82. The summed E-state index contributed by atoms with van der Waals surface area (Å²) in [5.41, 5.74) is 0. The summed E-state index contributed by atoms with van der Waals surface area (Å²) in [7, 11) is 0.720. The van der Waals surface area contributed by atoms with Crippen molar-refractivity contribution in [3.8, 4) is 0 Å². The molecule has 0 saturated heterocycles. The molecule has 1 fully saturated rings. The lowest BCUT2D eigenvalue weighted by Gasteiger charge is -2.10. The van der Waals surface area contributed by atoms with E-state index in [-0.39, 0.29) is 0 Å². The van der Waals surface area contributed by atoms with Gasteiger partial charge in [0.1, 0.15) is 0 Å². The van der Waals surface area contributed by atoms with Gasteiger partial charge in [0.2, 0.25) is 0 Å². The van der Waals surface area contributed by atoms with Gasteiger partial charge in [0.15, 0.2) is 0 Å². The van der Waals surface area contributed by atoms with Gasteiger partial charge >= 0.3 is 0 Å². The summed E-state index contributed by atoms with van der Waals surface area (Å²) in [6, 6.07) is 0.599. The smallest absolute Gasteiger partial charge is 0.0779 e.